The molecule has 54 heavy (non-hydrogen) atoms. The van der Waals surface area contributed by atoms with E-state index in [1.54, 1.807) is 13.8 Å². The molecule has 0 saturated heterocycles. The molecule has 17 nitrogen and oxygen atoms in total. The quantitative estimate of drug-likeness (QED) is 0.0597. The lowest BCUT2D eigenvalue weighted by Gasteiger charge is -2.41. The van der Waals surface area contributed by atoms with Crippen LogP contribution in [0.25, 0.3) is 0 Å². The van der Waals surface area contributed by atoms with Gasteiger partial charge in [-0.25, -0.2) is 14.2 Å². The Kier molecular flexibility index (Phi) is 16.7. The van der Waals surface area contributed by atoms with Gasteiger partial charge in [-0.15, -0.1) is 0 Å². The first-order valence-corrected chi connectivity index (χ1v) is 19.0. The number of benzene rings is 2. The maximum Gasteiger partial charge on any atom is 0.472 e. The number of carboxylic acids is 5. The van der Waals surface area contributed by atoms with Gasteiger partial charge in [0.2, 0.25) is 6.04 Å². The maximum absolute atomic E-state index is 13.3. The highest BCUT2D eigenvalue weighted by molar-refractivity contribution is 7.47. The van der Waals surface area contributed by atoms with Crippen molar-refractivity contribution in [1.29, 1.82) is 0 Å². The molecular formula is C36H50N3O14P. The second-order valence-corrected chi connectivity index (χ2v) is 15.3. The van der Waals surface area contributed by atoms with Gasteiger partial charge in [0.15, 0.2) is 0 Å². The molecule has 1 saturated carbocycles. The maximum atomic E-state index is 13.3. The van der Waals surface area contributed by atoms with Gasteiger partial charge in [0, 0.05) is 31.1 Å². The molecule has 1 fully saturated rings. The number of phosphoric acid groups is 1. The van der Waals surface area contributed by atoms with Crippen LogP contribution >= 0.6 is 7.82 Å². The molecule has 0 aliphatic heterocycles. The zero-order valence-corrected chi connectivity index (χ0v) is 31.1. The highest BCUT2D eigenvalue weighted by atomic mass is 31.2. The molecule has 0 spiro atoms. The first-order chi connectivity index (χ1) is 25.4. The predicted molar refractivity (Wildman–Crippen MR) is 193 cm³/mol. The van der Waals surface area contributed by atoms with Crippen molar-refractivity contribution >= 4 is 37.7 Å². The Labute approximate surface area is 313 Å². The summed E-state index contributed by atoms with van der Waals surface area (Å²) in [6.45, 7) is 0.714. The van der Waals surface area contributed by atoms with E-state index in [1.165, 1.54) is 9.80 Å². The normalized spacial score (nSPS) is 17.4. The Hall–Kier alpha value is -4.22. The van der Waals surface area contributed by atoms with Crippen LogP contribution in [-0.2, 0) is 43.0 Å². The molecule has 0 radical (unpaired) electrons. The Morgan fingerprint density at radius 3 is 1.59 bits per heavy atom. The lowest BCUT2D eigenvalue weighted by atomic mass is 9.65. The van der Waals surface area contributed by atoms with E-state index in [0.717, 1.165) is 11.1 Å². The van der Waals surface area contributed by atoms with Crippen LogP contribution in [0, 0.1) is 11.8 Å². The van der Waals surface area contributed by atoms with E-state index >= 15 is 0 Å². The average molecular weight is 780 g/mol. The number of nitrogens with one attached hydrogen (secondary N) is 1. The third kappa shape index (κ3) is 13.9. The van der Waals surface area contributed by atoms with Crippen LogP contribution in [0.4, 0.5) is 0 Å². The van der Waals surface area contributed by atoms with Crippen molar-refractivity contribution in [3.8, 4) is 0 Å². The largest absolute Gasteiger partial charge is 0.480 e. The topological polar surface area (TPSA) is 261 Å². The second kappa shape index (κ2) is 20.5. The summed E-state index contributed by atoms with van der Waals surface area (Å²) in [4.78, 5) is 71.3. The second-order valence-electron chi connectivity index (χ2n) is 13.9. The molecule has 0 amide bonds. The SMILES string of the molecule is CC(CN(CC(=O)O)CC(=O)O)C(C)CN(CC(=O)O)CC(COP(=O)(O)OC1CCC(c2ccccc2)(c2ccccc2)CC1)NC(C(=O)O)C(=O)O. The van der Waals surface area contributed by atoms with Gasteiger partial charge in [0.05, 0.1) is 32.3 Å². The lowest BCUT2D eigenvalue weighted by molar-refractivity contribution is -0.152. The van der Waals surface area contributed by atoms with Gasteiger partial charge in [-0.3, -0.25) is 38.5 Å². The number of aliphatic carboxylic acids is 5. The summed E-state index contributed by atoms with van der Waals surface area (Å²) in [7, 11) is -4.82. The van der Waals surface area contributed by atoms with Crippen molar-refractivity contribution in [2.75, 3.05) is 45.9 Å². The van der Waals surface area contributed by atoms with Crippen LogP contribution in [0.1, 0.15) is 50.7 Å². The highest BCUT2D eigenvalue weighted by Gasteiger charge is 2.41. The standard InChI is InChI=1S/C36H50N3O14P/c1-24(25(2)18-39(21-31(42)43)22-32(44)45)17-38(20-30(40)41)19-28(37-33(34(46)47)35(48)49)23-52-54(50,51)53-29-13-15-36(16-14-29,26-9-5-3-6-10-26)27-11-7-4-8-12-27/h3-12,24-25,28-29,33,37H,13-23H2,1-2H3,(H,40,41)(H,42,43)(H,44,45)(H,46,47)(H,48,49)(H,50,51). The predicted octanol–water partition coefficient (Wildman–Crippen LogP) is 2.67. The van der Waals surface area contributed by atoms with Gasteiger partial charge in [-0.2, -0.15) is 0 Å². The molecule has 2 aromatic rings. The summed E-state index contributed by atoms with van der Waals surface area (Å²) in [6, 6.07) is 16.4. The van der Waals surface area contributed by atoms with Crippen molar-refractivity contribution in [3.05, 3.63) is 71.8 Å². The van der Waals surface area contributed by atoms with E-state index in [2.05, 4.69) is 5.32 Å². The number of carboxylic acid groups (broad SMARTS) is 5. The number of carbonyl (C=O) groups is 5. The van der Waals surface area contributed by atoms with E-state index < -0.39 is 82.1 Å². The van der Waals surface area contributed by atoms with Gasteiger partial charge < -0.3 is 30.4 Å². The Morgan fingerprint density at radius 1 is 0.741 bits per heavy atom. The molecule has 7 N–H and O–H groups in total. The number of hydrogen-bond donors (Lipinski definition) is 7. The van der Waals surface area contributed by atoms with E-state index in [4.69, 9.17) is 9.05 Å². The summed E-state index contributed by atoms with van der Waals surface area (Å²) in [5, 5.41) is 49.5. The molecule has 298 valence electrons. The fraction of sp³-hybridized carbons (Fsp3) is 0.528. The van der Waals surface area contributed by atoms with Gasteiger partial charge >= 0.3 is 37.7 Å². The van der Waals surface area contributed by atoms with Crippen LogP contribution in [-0.4, -0.2) is 134 Å². The Bertz CT molecular complexity index is 1530. The highest BCUT2D eigenvalue weighted by Crippen LogP contribution is 2.51. The van der Waals surface area contributed by atoms with Gasteiger partial charge in [0.1, 0.15) is 0 Å². The summed E-state index contributed by atoms with van der Waals surface area (Å²) in [5.41, 5.74) is 1.85. The van der Waals surface area contributed by atoms with Crippen LogP contribution in [0.2, 0.25) is 0 Å². The number of rotatable bonds is 24. The fourth-order valence-electron chi connectivity index (χ4n) is 6.94. The van der Waals surface area contributed by atoms with Crippen LogP contribution in [0.5, 0.6) is 0 Å². The lowest BCUT2D eigenvalue weighted by Crippen LogP contribution is -2.54. The average Bonchev–Trinajstić information content (AvgIpc) is 3.09. The Morgan fingerprint density at radius 2 is 1.17 bits per heavy atom. The molecule has 4 atom stereocenters. The van der Waals surface area contributed by atoms with Crippen molar-refractivity contribution in [2.24, 2.45) is 11.8 Å². The van der Waals surface area contributed by atoms with Crippen molar-refractivity contribution < 1.29 is 68.0 Å². The molecular weight excluding hydrogens is 729 g/mol. The van der Waals surface area contributed by atoms with Gasteiger partial charge in [-0.05, 0) is 48.6 Å². The van der Waals surface area contributed by atoms with E-state index in [-0.39, 0.29) is 36.9 Å². The first kappa shape index (κ1) is 44.2. The minimum absolute atomic E-state index is 0.00434. The van der Waals surface area contributed by atoms with Crippen molar-refractivity contribution in [1.82, 2.24) is 15.1 Å². The van der Waals surface area contributed by atoms with Crippen LogP contribution in [0.15, 0.2) is 60.7 Å². The Balaban J connectivity index is 1.73. The summed E-state index contributed by atoms with van der Waals surface area (Å²) in [6.07, 6.45) is 1.32. The molecule has 1 aliphatic carbocycles. The van der Waals surface area contributed by atoms with Crippen LogP contribution < -0.4 is 5.32 Å². The minimum atomic E-state index is -4.82. The third-order valence-electron chi connectivity index (χ3n) is 9.68. The number of nitrogens with zero attached hydrogens (tertiary/aromatic N) is 2. The molecule has 0 bridgehead atoms. The monoisotopic (exact) mass is 779 g/mol. The zero-order chi connectivity index (χ0) is 40.1. The molecule has 18 heteroatoms. The van der Waals surface area contributed by atoms with Crippen molar-refractivity contribution in [3.63, 3.8) is 0 Å². The molecule has 0 aromatic heterocycles. The molecule has 3 rings (SSSR count). The van der Waals surface area contributed by atoms with E-state index in [9.17, 15) is 59.0 Å². The molecule has 4 unspecified atom stereocenters. The van der Waals surface area contributed by atoms with Crippen LogP contribution in [0.3, 0.4) is 0 Å². The third-order valence-corrected chi connectivity index (χ3v) is 10.7. The molecule has 0 heterocycles. The summed E-state index contributed by atoms with van der Waals surface area (Å²) in [5.74, 6) is -8.02. The van der Waals surface area contributed by atoms with Gasteiger partial charge in [-0.1, -0.05) is 74.5 Å². The summed E-state index contributed by atoms with van der Waals surface area (Å²) >= 11 is 0. The zero-order valence-electron chi connectivity index (χ0n) is 30.2. The number of phosphoric ester groups is 1. The fourth-order valence-corrected chi connectivity index (χ4v) is 7.95. The molecule has 2 aromatic carbocycles. The van der Waals surface area contributed by atoms with Gasteiger partial charge in [0.25, 0.3) is 0 Å². The van der Waals surface area contributed by atoms with Crippen molar-refractivity contribution in [2.45, 2.75) is 63.1 Å². The van der Waals surface area contributed by atoms with E-state index in [1.807, 2.05) is 60.7 Å². The smallest absolute Gasteiger partial charge is 0.472 e. The minimum Gasteiger partial charge on any atom is -0.480 e. The number of hydrogen-bond acceptors (Lipinski definition) is 11. The molecule has 1 aliphatic rings. The van der Waals surface area contributed by atoms with E-state index in [0.29, 0.717) is 25.7 Å². The summed E-state index contributed by atoms with van der Waals surface area (Å²) < 4.78 is 24.2. The first-order valence-electron chi connectivity index (χ1n) is 17.5.